The minimum absolute atomic E-state index is 0.0394. The van der Waals surface area contributed by atoms with Crippen molar-refractivity contribution in [2.24, 2.45) is 0 Å². The number of alkyl halides is 1. The highest BCUT2D eigenvalue weighted by Crippen LogP contribution is 2.00. The van der Waals surface area contributed by atoms with Gasteiger partial charge in [-0.05, 0) is 6.92 Å². The van der Waals surface area contributed by atoms with Gasteiger partial charge in [0.05, 0.1) is 4.83 Å². The minimum Gasteiger partial charge on any atom is -0.298 e. The van der Waals surface area contributed by atoms with E-state index in [-0.39, 0.29) is 10.6 Å². The van der Waals surface area contributed by atoms with E-state index in [1.165, 1.54) is 0 Å². The third-order valence-electron chi connectivity index (χ3n) is 0.792. The van der Waals surface area contributed by atoms with Crippen molar-refractivity contribution in [2.45, 2.75) is 25.1 Å². The highest BCUT2D eigenvalue weighted by molar-refractivity contribution is 9.10. The molecule has 42 valence electrons. The standard InChI is InChI=1S/C5H9BrO/c1-3-5(7)4(2)6/h4H,3H2,1-2H3. The molecule has 0 aromatic carbocycles. The van der Waals surface area contributed by atoms with Crippen LogP contribution in [0.5, 0.6) is 0 Å². The van der Waals surface area contributed by atoms with E-state index in [0.29, 0.717) is 6.42 Å². The van der Waals surface area contributed by atoms with Gasteiger partial charge in [-0.1, -0.05) is 22.9 Å². The molecule has 0 heterocycles. The monoisotopic (exact) mass is 164 g/mol. The number of halogens is 1. The number of hydrogen-bond donors (Lipinski definition) is 0. The third-order valence-corrected chi connectivity index (χ3v) is 1.30. The number of carbonyl (C=O) groups excluding carboxylic acids is 1. The molecular weight excluding hydrogens is 156 g/mol. The Morgan fingerprint density at radius 1 is 1.86 bits per heavy atom. The second-order valence-corrected chi connectivity index (χ2v) is 2.81. The average molecular weight is 165 g/mol. The first-order valence-corrected chi connectivity index (χ1v) is 3.26. The van der Waals surface area contributed by atoms with Gasteiger partial charge in [-0.2, -0.15) is 0 Å². The first kappa shape index (κ1) is 7.15. The molecule has 1 atom stereocenters. The minimum atomic E-state index is 0.0394. The van der Waals surface area contributed by atoms with Crippen molar-refractivity contribution in [1.82, 2.24) is 0 Å². The van der Waals surface area contributed by atoms with Gasteiger partial charge >= 0.3 is 0 Å². The van der Waals surface area contributed by atoms with Crippen molar-refractivity contribution in [3.05, 3.63) is 0 Å². The molecule has 0 rings (SSSR count). The van der Waals surface area contributed by atoms with Crippen LogP contribution in [0.4, 0.5) is 0 Å². The summed E-state index contributed by atoms with van der Waals surface area (Å²) in [6, 6.07) is 0. The molecule has 7 heavy (non-hydrogen) atoms. The molecule has 0 aliphatic heterocycles. The van der Waals surface area contributed by atoms with Gasteiger partial charge < -0.3 is 0 Å². The Kier molecular flexibility index (Phi) is 3.26. The number of rotatable bonds is 2. The third kappa shape index (κ3) is 2.80. The fourth-order valence-corrected chi connectivity index (χ4v) is 0.605. The Morgan fingerprint density at radius 3 is 2.29 bits per heavy atom. The SMILES string of the molecule is CCC(=O)C(C)Br. The summed E-state index contributed by atoms with van der Waals surface area (Å²) in [7, 11) is 0. The van der Waals surface area contributed by atoms with E-state index in [9.17, 15) is 4.79 Å². The first-order chi connectivity index (χ1) is 3.18. The fourth-order valence-electron chi connectivity index (χ4n) is 0.281. The lowest BCUT2D eigenvalue weighted by Gasteiger charge is -1.93. The van der Waals surface area contributed by atoms with Gasteiger partial charge in [-0.15, -0.1) is 0 Å². The molecule has 0 radical (unpaired) electrons. The van der Waals surface area contributed by atoms with E-state index in [2.05, 4.69) is 15.9 Å². The summed E-state index contributed by atoms with van der Waals surface area (Å²) in [4.78, 5) is 10.5. The van der Waals surface area contributed by atoms with Crippen molar-refractivity contribution in [3.8, 4) is 0 Å². The van der Waals surface area contributed by atoms with Crippen LogP contribution in [0.25, 0.3) is 0 Å². The van der Waals surface area contributed by atoms with E-state index in [1.807, 2.05) is 13.8 Å². The van der Waals surface area contributed by atoms with Crippen LogP contribution in [0.2, 0.25) is 0 Å². The molecule has 0 bridgehead atoms. The Bertz CT molecular complexity index is 68.5. The molecule has 0 aliphatic rings. The average Bonchev–Trinajstić information content (AvgIpc) is 1.65. The highest BCUT2D eigenvalue weighted by atomic mass is 79.9. The number of ketones is 1. The predicted molar refractivity (Wildman–Crippen MR) is 33.7 cm³/mol. The highest BCUT2D eigenvalue weighted by Gasteiger charge is 2.02. The summed E-state index contributed by atoms with van der Waals surface area (Å²) in [6.45, 7) is 3.70. The molecule has 0 amide bonds. The van der Waals surface area contributed by atoms with Crippen LogP contribution in [0.15, 0.2) is 0 Å². The summed E-state index contributed by atoms with van der Waals surface area (Å²) in [6.07, 6.45) is 0.631. The van der Waals surface area contributed by atoms with Crippen LogP contribution in [0, 0.1) is 0 Å². The molecule has 1 unspecified atom stereocenters. The van der Waals surface area contributed by atoms with Gasteiger partial charge in [-0.25, -0.2) is 0 Å². The Morgan fingerprint density at radius 2 is 2.29 bits per heavy atom. The number of hydrogen-bond acceptors (Lipinski definition) is 1. The summed E-state index contributed by atoms with van der Waals surface area (Å²) in [5.41, 5.74) is 0. The fraction of sp³-hybridized carbons (Fsp3) is 0.800. The maximum Gasteiger partial charge on any atom is 0.145 e. The van der Waals surface area contributed by atoms with Crippen molar-refractivity contribution in [3.63, 3.8) is 0 Å². The molecule has 2 heteroatoms. The number of Topliss-reactive ketones (excluding diaryl/α,β-unsaturated/α-hetero) is 1. The van der Waals surface area contributed by atoms with Gasteiger partial charge in [0.15, 0.2) is 0 Å². The zero-order valence-electron chi connectivity index (χ0n) is 4.57. The van der Waals surface area contributed by atoms with Crippen LogP contribution in [0.1, 0.15) is 20.3 Å². The zero-order valence-corrected chi connectivity index (χ0v) is 6.16. The van der Waals surface area contributed by atoms with Crippen molar-refractivity contribution >= 4 is 21.7 Å². The molecule has 0 saturated heterocycles. The van der Waals surface area contributed by atoms with Gasteiger partial charge in [-0.3, -0.25) is 4.79 Å². The van der Waals surface area contributed by atoms with Crippen molar-refractivity contribution < 1.29 is 4.79 Å². The van der Waals surface area contributed by atoms with Crippen molar-refractivity contribution in [1.29, 1.82) is 0 Å². The Hall–Kier alpha value is 0.150. The van der Waals surface area contributed by atoms with E-state index in [4.69, 9.17) is 0 Å². The molecule has 0 aromatic heterocycles. The van der Waals surface area contributed by atoms with E-state index in [1.54, 1.807) is 0 Å². The second-order valence-electron chi connectivity index (χ2n) is 1.44. The second kappa shape index (κ2) is 3.19. The van der Waals surface area contributed by atoms with Crippen LogP contribution in [0.3, 0.4) is 0 Å². The van der Waals surface area contributed by atoms with E-state index >= 15 is 0 Å². The lowest BCUT2D eigenvalue weighted by atomic mass is 10.2. The topological polar surface area (TPSA) is 17.1 Å². The van der Waals surface area contributed by atoms with Crippen LogP contribution in [-0.4, -0.2) is 10.6 Å². The van der Waals surface area contributed by atoms with Gasteiger partial charge in [0.2, 0.25) is 0 Å². The summed E-state index contributed by atoms with van der Waals surface area (Å²) >= 11 is 3.15. The summed E-state index contributed by atoms with van der Waals surface area (Å²) in [5.74, 6) is 0.264. The first-order valence-electron chi connectivity index (χ1n) is 2.35. The lowest BCUT2D eigenvalue weighted by molar-refractivity contribution is -0.117. The van der Waals surface area contributed by atoms with Gasteiger partial charge in [0.1, 0.15) is 5.78 Å². The molecule has 0 saturated carbocycles. The predicted octanol–water partition coefficient (Wildman–Crippen LogP) is 1.75. The Labute approximate surface area is 52.2 Å². The summed E-state index contributed by atoms with van der Waals surface area (Å²) in [5, 5.41) is 0. The molecule has 0 N–H and O–H groups in total. The molecular formula is C5H9BrO. The maximum atomic E-state index is 10.5. The summed E-state index contributed by atoms with van der Waals surface area (Å²) < 4.78 is 0. The quantitative estimate of drug-likeness (QED) is 0.569. The van der Waals surface area contributed by atoms with Crippen molar-refractivity contribution in [2.75, 3.05) is 0 Å². The Balaban J connectivity index is 3.35. The molecule has 1 nitrogen and oxygen atoms in total. The number of carbonyl (C=O) groups is 1. The normalized spacial score (nSPS) is 13.6. The molecule has 0 aromatic rings. The van der Waals surface area contributed by atoms with Crippen LogP contribution >= 0.6 is 15.9 Å². The van der Waals surface area contributed by atoms with Crippen LogP contribution in [-0.2, 0) is 4.79 Å². The largest absolute Gasteiger partial charge is 0.298 e. The molecule has 0 spiro atoms. The van der Waals surface area contributed by atoms with Gasteiger partial charge in [0.25, 0.3) is 0 Å². The lowest BCUT2D eigenvalue weighted by Crippen LogP contribution is -2.06. The molecule has 0 aliphatic carbocycles. The van der Waals surface area contributed by atoms with E-state index < -0.39 is 0 Å². The smallest absolute Gasteiger partial charge is 0.145 e. The van der Waals surface area contributed by atoms with Crippen LogP contribution < -0.4 is 0 Å². The van der Waals surface area contributed by atoms with E-state index in [0.717, 1.165) is 0 Å². The molecule has 0 fully saturated rings. The maximum absolute atomic E-state index is 10.5. The van der Waals surface area contributed by atoms with Gasteiger partial charge in [0, 0.05) is 6.42 Å². The zero-order chi connectivity index (χ0) is 5.86.